The van der Waals surface area contributed by atoms with Crippen LogP contribution in [0.15, 0.2) is 0 Å². The first-order chi connectivity index (χ1) is 14.3. The number of amides is 2. The third-order valence-corrected chi connectivity index (χ3v) is 5.14. The molecule has 2 unspecified atom stereocenters. The highest BCUT2D eigenvalue weighted by atomic mass is 16.6. The summed E-state index contributed by atoms with van der Waals surface area (Å²) in [6.07, 6.45) is -6.26. The first kappa shape index (κ1) is 27.2. The van der Waals surface area contributed by atoms with Gasteiger partial charge in [-0.1, -0.05) is 6.92 Å². The first-order valence-corrected chi connectivity index (χ1v) is 9.93. The van der Waals surface area contributed by atoms with Crippen LogP contribution in [0.3, 0.4) is 0 Å². The number of carboxylic acids is 1. The molecule has 1 fully saturated rings. The number of hydrogen-bond donors (Lipinski definition) is 7. The van der Waals surface area contributed by atoms with Gasteiger partial charge in [0.25, 0.3) is 0 Å². The Balaban J connectivity index is 3.06. The first-order valence-electron chi connectivity index (χ1n) is 9.93. The van der Waals surface area contributed by atoms with Crippen molar-refractivity contribution in [2.45, 2.75) is 76.0 Å². The molecule has 1 heterocycles. The molecule has 1 saturated heterocycles. The van der Waals surface area contributed by atoms with Gasteiger partial charge in [0.2, 0.25) is 11.8 Å². The molecule has 0 saturated carbocycles. The predicted molar refractivity (Wildman–Crippen MR) is 106 cm³/mol. The maximum atomic E-state index is 12.7. The van der Waals surface area contributed by atoms with Crippen LogP contribution >= 0.6 is 0 Å². The molecule has 0 aromatic carbocycles. The molecule has 1 rings (SSSR count). The second-order valence-corrected chi connectivity index (χ2v) is 7.90. The molecule has 0 aromatic heterocycles. The van der Waals surface area contributed by atoms with E-state index in [0.29, 0.717) is 0 Å². The summed E-state index contributed by atoms with van der Waals surface area (Å²) in [6, 6.07) is -3.43. The number of nitrogens with zero attached hydrogens (tertiary/aromatic N) is 1. The standard InChI is InChI=1S/C18H34N4O9/c1-7(17(27)28)4-10(15(21)25)22(16(26)9(3)19)5-8(2)30-14-12(20)18(29)31-11(6-23)13(14)24/h7-14,18,23-24,29H,4-6,19-20H2,1-3H3,(H2,21,25)(H,27,28)/t7?,8?,9-,10+,11+,12+,13+,14+,18-/m0/s1. The van der Waals surface area contributed by atoms with Crippen LogP contribution in [-0.4, -0.2) is 105 Å². The highest BCUT2D eigenvalue weighted by Gasteiger charge is 2.44. The van der Waals surface area contributed by atoms with E-state index in [-0.39, 0.29) is 13.0 Å². The Morgan fingerprint density at radius 1 is 1.19 bits per heavy atom. The Morgan fingerprint density at radius 2 is 1.77 bits per heavy atom. The third kappa shape index (κ3) is 7.07. The van der Waals surface area contributed by atoms with Crippen molar-refractivity contribution in [3.05, 3.63) is 0 Å². The normalized spacial score (nSPS) is 30.1. The van der Waals surface area contributed by atoms with Gasteiger partial charge in [-0.15, -0.1) is 0 Å². The maximum absolute atomic E-state index is 12.7. The lowest BCUT2D eigenvalue weighted by molar-refractivity contribution is -0.263. The van der Waals surface area contributed by atoms with Crippen LogP contribution < -0.4 is 17.2 Å². The summed E-state index contributed by atoms with van der Waals surface area (Å²) in [6.45, 7) is 3.48. The van der Waals surface area contributed by atoms with Crippen LogP contribution in [-0.2, 0) is 23.9 Å². The zero-order chi connectivity index (χ0) is 24.0. The minimum Gasteiger partial charge on any atom is -0.481 e. The second-order valence-electron chi connectivity index (χ2n) is 7.90. The zero-order valence-electron chi connectivity index (χ0n) is 17.8. The van der Waals surface area contributed by atoms with Crippen molar-refractivity contribution in [3.8, 4) is 0 Å². The largest absolute Gasteiger partial charge is 0.481 e. The Kier molecular flexibility index (Phi) is 10.2. The summed E-state index contributed by atoms with van der Waals surface area (Å²) < 4.78 is 10.7. The van der Waals surface area contributed by atoms with E-state index in [0.717, 1.165) is 4.90 Å². The van der Waals surface area contributed by atoms with Crippen LogP contribution in [0.2, 0.25) is 0 Å². The minimum atomic E-state index is -1.51. The quantitative estimate of drug-likeness (QED) is 0.162. The van der Waals surface area contributed by atoms with E-state index in [1.807, 2.05) is 0 Å². The molecule has 13 nitrogen and oxygen atoms in total. The van der Waals surface area contributed by atoms with Crippen molar-refractivity contribution in [1.82, 2.24) is 4.90 Å². The Morgan fingerprint density at radius 3 is 2.23 bits per heavy atom. The van der Waals surface area contributed by atoms with E-state index in [1.54, 1.807) is 0 Å². The number of carbonyl (C=O) groups is 3. The molecule has 0 spiro atoms. The number of aliphatic hydroxyl groups is 3. The SMILES string of the molecule is CC(CN(C(=O)[C@H](C)N)[C@H](CC(C)C(=O)O)C(N)=O)O[C@@H]1[C@@H](N)[C@@H](O)O[C@H](CO)[C@H]1O. The number of aliphatic hydroxyl groups excluding tert-OH is 3. The fourth-order valence-electron chi connectivity index (χ4n) is 3.33. The smallest absolute Gasteiger partial charge is 0.306 e. The summed E-state index contributed by atoms with van der Waals surface area (Å²) >= 11 is 0. The highest BCUT2D eigenvalue weighted by Crippen LogP contribution is 2.23. The molecular formula is C18H34N4O9. The average Bonchev–Trinajstić information content (AvgIpc) is 2.69. The molecule has 31 heavy (non-hydrogen) atoms. The van der Waals surface area contributed by atoms with E-state index in [1.165, 1.54) is 20.8 Å². The summed E-state index contributed by atoms with van der Waals surface area (Å²) in [7, 11) is 0. The average molecular weight is 450 g/mol. The van der Waals surface area contributed by atoms with Crippen molar-refractivity contribution in [2.24, 2.45) is 23.1 Å². The molecule has 1 aliphatic rings. The molecular weight excluding hydrogens is 416 g/mol. The van der Waals surface area contributed by atoms with Crippen molar-refractivity contribution in [2.75, 3.05) is 13.2 Å². The van der Waals surface area contributed by atoms with Crippen LogP contribution in [0.4, 0.5) is 0 Å². The predicted octanol–water partition coefficient (Wildman–Crippen LogP) is -3.70. The van der Waals surface area contributed by atoms with Crippen molar-refractivity contribution in [3.63, 3.8) is 0 Å². The number of nitrogens with two attached hydrogens (primary N) is 3. The highest BCUT2D eigenvalue weighted by molar-refractivity contribution is 5.89. The van der Waals surface area contributed by atoms with Gasteiger partial charge in [-0.2, -0.15) is 0 Å². The van der Waals surface area contributed by atoms with E-state index < -0.39 is 79.1 Å². The third-order valence-electron chi connectivity index (χ3n) is 5.14. The monoisotopic (exact) mass is 450 g/mol. The number of aliphatic carboxylic acids is 1. The Bertz CT molecular complexity index is 635. The second kappa shape index (κ2) is 11.7. The molecule has 180 valence electrons. The maximum Gasteiger partial charge on any atom is 0.306 e. The van der Waals surface area contributed by atoms with Gasteiger partial charge >= 0.3 is 5.97 Å². The van der Waals surface area contributed by atoms with Gasteiger partial charge in [0, 0.05) is 6.54 Å². The summed E-state index contributed by atoms with van der Waals surface area (Å²) in [4.78, 5) is 37.0. The van der Waals surface area contributed by atoms with Crippen LogP contribution in [0.25, 0.3) is 0 Å². The van der Waals surface area contributed by atoms with Crippen molar-refractivity contribution >= 4 is 17.8 Å². The lowest BCUT2D eigenvalue weighted by Crippen LogP contribution is -2.64. The molecule has 9 atom stereocenters. The van der Waals surface area contributed by atoms with E-state index in [9.17, 15) is 29.7 Å². The van der Waals surface area contributed by atoms with Gasteiger partial charge in [-0.3, -0.25) is 14.4 Å². The number of rotatable bonds is 11. The van der Waals surface area contributed by atoms with Crippen molar-refractivity contribution in [1.29, 1.82) is 0 Å². The number of ether oxygens (including phenoxy) is 2. The fraction of sp³-hybridized carbons (Fsp3) is 0.833. The van der Waals surface area contributed by atoms with Crippen molar-refractivity contribution < 1.29 is 44.3 Å². The molecule has 0 aliphatic carbocycles. The number of hydrogen-bond acceptors (Lipinski definition) is 10. The lowest BCUT2D eigenvalue weighted by atomic mass is 9.97. The van der Waals surface area contributed by atoms with E-state index in [2.05, 4.69) is 0 Å². The number of carbonyl (C=O) groups excluding carboxylic acids is 2. The minimum absolute atomic E-state index is 0.225. The molecule has 0 bridgehead atoms. The fourth-order valence-corrected chi connectivity index (χ4v) is 3.33. The summed E-state index contributed by atoms with van der Waals surface area (Å²) in [5, 5.41) is 38.7. The molecule has 2 amide bonds. The van der Waals surface area contributed by atoms with Gasteiger partial charge in [-0.05, 0) is 20.3 Å². The molecule has 0 aromatic rings. The van der Waals surface area contributed by atoms with Crippen LogP contribution in [0, 0.1) is 5.92 Å². The molecule has 10 N–H and O–H groups in total. The van der Waals surface area contributed by atoms with Gasteiger partial charge in [0.15, 0.2) is 6.29 Å². The van der Waals surface area contributed by atoms with Crippen LogP contribution in [0.1, 0.15) is 27.2 Å². The Hall–Kier alpha value is -1.87. The molecule has 0 radical (unpaired) electrons. The zero-order valence-corrected chi connectivity index (χ0v) is 17.8. The van der Waals surface area contributed by atoms with Gasteiger partial charge in [-0.25, -0.2) is 0 Å². The van der Waals surface area contributed by atoms with Crippen LogP contribution in [0.5, 0.6) is 0 Å². The van der Waals surface area contributed by atoms with E-state index in [4.69, 9.17) is 31.8 Å². The lowest BCUT2D eigenvalue weighted by Gasteiger charge is -2.42. The molecule has 1 aliphatic heterocycles. The number of primary amides is 1. The van der Waals surface area contributed by atoms with Gasteiger partial charge < -0.3 is 52.0 Å². The van der Waals surface area contributed by atoms with E-state index >= 15 is 0 Å². The summed E-state index contributed by atoms with van der Waals surface area (Å²) in [5.74, 6) is -3.69. The number of carboxylic acid groups (broad SMARTS) is 1. The molecule has 13 heteroatoms. The van der Waals surface area contributed by atoms with Gasteiger partial charge in [0.05, 0.1) is 30.7 Å². The Labute approximate surface area is 180 Å². The summed E-state index contributed by atoms with van der Waals surface area (Å²) in [5.41, 5.74) is 17.0. The van der Waals surface area contributed by atoms with Gasteiger partial charge in [0.1, 0.15) is 24.4 Å². The topological polar surface area (TPSA) is 232 Å².